The predicted octanol–water partition coefficient (Wildman–Crippen LogP) is 3.48. The van der Waals surface area contributed by atoms with Crippen LogP contribution < -0.4 is 15.2 Å². The quantitative estimate of drug-likeness (QED) is 0.778. The molecule has 0 fully saturated rings. The lowest BCUT2D eigenvalue weighted by atomic mass is 10.1. The van der Waals surface area contributed by atoms with Gasteiger partial charge in [0.05, 0.1) is 19.1 Å². The van der Waals surface area contributed by atoms with Gasteiger partial charge in [0.15, 0.2) is 0 Å². The zero-order valence-electron chi connectivity index (χ0n) is 12.5. The molecule has 0 aliphatic rings. The van der Waals surface area contributed by atoms with Gasteiger partial charge in [0.25, 0.3) is 0 Å². The number of hydrogen-bond acceptors (Lipinski definition) is 4. The molecule has 0 aromatic heterocycles. The first-order valence-electron chi connectivity index (χ1n) is 6.68. The molecule has 0 bridgehead atoms. The number of benzene rings is 1. The Labute approximate surface area is 120 Å². The van der Waals surface area contributed by atoms with Crippen molar-refractivity contribution in [3.8, 4) is 11.5 Å². The molecule has 0 heterocycles. The predicted molar refractivity (Wildman–Crippen MR) is 82.5 cm³/mol. The van der Waals surface area contributed by atoms with Crippen molar-refractivity contribution >= 4 is 11.8 Å². The number of rotatable bonds is 7. The maximum Gasteiger partial charge on any atom is 0.135 e. The van der Waals surface area contributed by atoms with E-state index in [1.165, 1.54) is 0 Å². The minimum atomic E-state index is 0.0995. The van der Waals surface area contributed by atoms with Gasteiger partial charge in [-0.3, -0.25) is 0 Å². The van der Waals surface area contributed by atoms with Crippen molar-refractivity contribution in [2.45, 2.75) is 49.8 Å². The molecule has 1 rings (SSSR count). The summed E-state index contributed by atoms with van der Waals surface area (Å²) in [4.78, 5) is 1.13. The van der Waals surface area contributed by atoms with Crippen LogP contribution in [0.15, 0.2) is 17.0 Å². The van der Waals surface area contributed by atoms with Crippen LogP contribution in [0, 0.1) is 0 Å². The highest BCUT2D eigenvalue weighted by molar-refractivity contribution is 8.00. The third-order valence-electron chi connectivity index (χ3n) is 2.99. The Morgan fingerprint density at radius 3 is 2.37 bits per heavy atom. The second-order valence-corrected chi connectivity index (χ2v) is 6.32. The van der Waals surface area contributed by atoms with E-state index >= 15 is 0 Å². The summed E-state index contributed by atoms with van der Waals surface area (Å²) in [5.74, 6) is 1.80. The van der Waals surface area contributed by atoms with Crippen molar-refractivity contribution < 1.29 is 9.47 Å². The van der Waals surface area contributed by atoms with E-state index in [1.807, 2.05) is 30.8 Å². The van der Waals surface area contributed by atoms with Crippen molar-refractivity contribution in [2.75, 3.05) is 14.2 Å². The van der Waals surface area contributed by atoms with E-state index in [0.29, 0.717) is 5.25 Å². The minimum Gasteiger partial charge on any atom is -0.497 e. The van der Waals surface area contributed by atoms with E-state index in [1.54, 1.807) is 14.2 Å². The first-order chi connectivity index (χ1) is 9.01. The third kappa shape index (κ3) is 4.62. The fourth-order valence-electron chi connectivity index (χ4n) is 1.87. The summed E-state index contributed by atoms with van der Waals surface area (Å²) in [5.41, 5.74) is 7.03. The van der Waals surface area contributed by atoms with Gasteiger partial charge in [-0.25, -0.2) is 0 Å². The Kier molecular flexibility index (Phi) is 6.52. The highest BCUT2D eigenvalue weighted by atomic mass is 32.2. The fraction of sp³-hybridized carbons (Fsp3) is 0.600. The Hall–Kier alpha value is -0.870. The van der Waals surface area contributed by atoms with Gasteiger partial charge in [0, 0.05) is 16.9 Å². The van der Waals surface area contributed by atoms with Crippen molar-refractivity contribution in [3.63, 3.8) is 0 Å². The van der Waals surface area contributed by atoms with Crippen molar-refractivity contribution in [1.29, 1.82) is 0 Å². The van der Waals surface area contributed by atoms with Crippen molar-refractivity contribution in [1.82, 2.24) is 0 Å². The van der Waals surface area contributed by atoms with Gasteiger partial charge >= 0.3 is 0 Å². The molecule has 0 spiro atoms. The van der Waals surface area contributed by atoms with Crippen LogP contribution in [-0.4, -0.2) is 25.5 Å². The average molecular weight is 283 g/mol. The van der Waals surface area contributed by atoms with Gasteiger partial charge in [0.1, 0.15) is 11.5 Å². The van der Waals surface area contributed by atoms with Crippen LogP contribution in [0.2, 0.25) is 0 Å². The molecular formula is C15H25NO2S. The third-order valence-corrected chi connectivity index (χ3v) is 4.28. The number of thioether (sulfide) groups is 1. The highest BCUT2D eigenvalue weighted by Gasteiger charge is 2.15. The van der Waals surface area contributed by atoms with Gasteiger partial charge in [-0.2, -0.15) is 0 Å². The zero-order chi connectivity index (χ0) is 14.4. The summed E-state index contributed by atoms with van der Waals surface area (Å²) in [7, 11) is 3.41. The maximum atomic E-state index is 5.91. The lowest BCUT2D eigenvalue weighted by Gasteiger charge is -2.18. The second kappa shape index (κ2) is 7.65. The Morgan fingerprint density at radius 1 is 1.21 bits per heavy atom. The summed E-state index contributed by atoms with van der Waals surface area (Å²) in [5, 5.41) is 0.546. The summed E-state index contributed by atoms with van der Waals surface area (Å²) < 4.78 is 11.0. The zero-order valence-corrected chi connectivity index (χ0v) is 13.3. The van der Waals surface area contributed by atoms with Crippen LogP contribution in [0.25, 0.3) is 0 Å². The van der Waals surface area contributed by atoms with Gasteiger partial charge in [-0.05, 0) is 31.9 Å². The van der Waals surface area contributed by atoms with Gasteiger partial charge in [-0.15, -0.1) is 11.8 Å². The van der Waals surface area contributed by atoms with Gasteiger partial charge in [0.2, 0.25) is 0 Å². The van der Waals surface area contributed by atoms with Gasteiger partial charge in [-0.1, -0.05) is 13.8 Å². The van der Waals surface area contributed by atoms with Crippen LogP contribution in [0.5, 0.6) is 11.5 Å². The number of ether oxygens (including phenoxy) is 2. The topological polar surface area (TPSA) is 44.5 Å². The molecule has 0 aliphatic carbocycles. The SMILES string of the molecule is CCC(C)Sc1cc(OC)cc(CC(C)N)c1OC. The lowest BCUT2D eigenvalue weighted by Crippen LogP contribution is -2.18. The first kappa shape index (κ1) is 16.2. The molecule has 4 heteroatoms. The second-order valence-electron chi connectivity index (χ2n) is 4.84. The Morgan fingerprint density at radius 2 is 1.89 bits per heavy atom. The molecule has 3 nitrogen and oxygen atoms in total. The molecule has 1 aromatic carbocycles. The van der Waals surface area contributed by atoms with E-state index in [-0.39, 0.29) is 6.04 Å². The summed E-state index contributed by atoms with van der Waals surface area (Å²) in [6, 6.07) is 4.16. The van der Waals surface area contributed by atoms with Gasteiger partial charge < -0.3 is 15.2 Å². The number of methoxy groups -OCH3 is 2. The molecule has 2 N–H and O–H groups in total. The molecule has 0 aliphatic heterocycles. The number of hydrogen-bond donors (Lipinski definition) is 1. The van der Waals surface area contributed by atoms with Crippen molar-refractivity contribution in [2.24, 2.45) is 5.73 Å². The normalized spacial score (nSPS) is 14.0. The standard InChI is InChI=1S/C15H25NO2S/c1-6-11(3)19-14-9-13(17-4)8-12(7-10(2)16)15(14)18-5/h8-11H,6-7,16H2,1-5H3. The molecule has 0 saturated heterocycles. The van der Waals surface area contributed by atoms with Crippen LogP contribution in [-0.2, 0) is 6.42 Å². The van der Waals surface area contributed by atoms with Crippen LogP contribution in [0.3, 0.4) is 0 Å². The smallest absolute Gasteiger partial charge is 0.135 e. The Bertz CT molecular complexity index is 407. The molecule has 0 saturated carbocycles. The lowest BCUT2D eigenvalue weighted by molar-refractivity contribution is 0.388. The van der Waals surface area contributed by atoms with E-state index in [4.69, 9.17) is 15.2 Å². The molecular weight excluding hydrogens is 258 g/mol. The molecule has 0 radical (unpaired) electrons. The summed E-state index contributed by atoms with van der Waals surface area (Å²) >= 11 is 1.82. The van der Waals surface area contributed by atoms with Crippen molar-refractivity contribution in [3.05, 3.63) is 17.7 Å². The van der Waals surface area contributed by atoms with E-state index in [0.717, 1.165) is 34.8 Å². The van der Waals surface area contributed by atoms with Crippen LogP contribution in [0.1, 0.15) is 32.8 Å². The van der Waals surface area contributed by atoms with Crippen LogP contribution >= 0.6 is 11.8 Å². The maximum absolute atomic E-state index is 5.91. The fourth-order valence-corrected chi connectivity index (χ4v) is 2.97. The molecule has 0 amide bonds. The Balaban J connectivity index is 3.18. The minimum absolute atomic E-state index is 0.0995. The van der Waals surface area contributed by atoms with E-state index in [2.05, 4.69) is 13.8 Å². The van der Waals surface area contributed by atoms with E-state index < -0.39 is 0 Å². The summed E-state index contributed by atoms with van der Waals surface area (Å²) in [6.07, 6.45) is 1.90. The monoisotopic (exact) mass is 283 g/mol. The number of nitrogens with two attached hydrogens (primary N) is 1. The molecule has 108 valence electrons. The van der Waals surface area contributed by atoms with E-state index in [9.17, 15) is 0 Å². The molecule has 2 unspecified atom stereocenters. The molecule has 1 aromatic rings. The first-order valence-corrected chi connectivity index (χ1v) is 7.56. The van der Waals surface area contributed by atoms with Crippen LogP contribution in [0.4, 0.5) is 0 Å². The largest absolute Gasteiger partial charge is 0.497 e. The average Bonchev–Trinajstić information content (AvgIpc) is 2.37. The highest BCUT2D eigenvalue weighted by Crippen LogP contribution is 2.39. The summed E-state index contributed by atoms with van der Waals surface area (Å²) in [6.45, 7) is 6.41. The molecule has 19 heavy (non-hydrogen) atoms. The molecule has 2 atom stereocenters.